The summed E-state index contributed by atoms with van der Waals surface area (Å²) in [5.74, 6) is 0. The summed E-state index contributed by atoms with van der Waals surface area (Å²) in [5, 5.41) is 10.7. The predicted octanol–water partition coefficient (Wildman–Crippen LogP) is 1.62. The van der Waals surface area contributed by atoms with Crippen LogP contribution in [0.25, 0.3) is 0 Å². The van der Waals surface area contributed by atoms with E-state index in [0.717, 1.165) is 5.56 Å². The first-order valence-electron chi connectivity index (χ1n) is 3.72. The zero-order chi connectivity index (χ0) is 9.84. The first kappa shape index (κ1) is 9.95. The summed E-state index contributed by atoms with van der Waals surface area (Å²) in [5.41, 5.74) is 6.28. The van der Waals surface area contributed by atoms with Crippen molar-refractivity contribution in [1.82, 2.24) is 0 Å². The van der Waals surface area contributed by atoms with Gasteiger partial charge >= 0.3 is 0 Å². The molecular weight excluding hydrogens is 192 g/mol. The summed E-state index contributed by atoms with van der Waals surface area (Å²) in [4.78, 5) is 9.72. The van der Waals surface area contributed by atoms with Gasteiger partial charge in [0.05, 0.1) is 6.04 Å². The third-order valence-corrected chi connectivity index (χ3v) is 1.90. The van der Waals surface area contributed by atoms with Gasteiger partial charge in [-0.2, -0.15) is 0 Å². The lowest BCUT2D eigenvalue weighted by Crippen LogP contribution is -2.20. The van der Waals surface area contributed by atoms with Crippen molar-refractivity contribution >= 4 is 11.6 Å². The highest BCUT2D eigenvalue weighted by molar-refractivity contribution is 6.30. The van der Waals surface area contributed by atoms with Crippen LogP contribution in [0.1, 0.15) is 11.6 Å². The quantitative estimate of drug-likeness (QED) is 0.596. The molecule has 0 aliphatic rings. The molecule has 0 amide bonds. The fourth-order valence-electron chi connectivity index (χ4n) is 0.976. The van der Waals surface area contributed by atoms with Gasteiger partial charge in [0.25, 0.3) is 0 Å². The summed E-state index contributed by atoms with van der Waals surface area (Å²) in [6, 6.07) is 6.15. The molecule has 0 aromatic heterocycles. The lowest BCUT2D eigenvalue weighted by molar-refractivity contribution is -0.483. The van der Waals surface area contributed by atoms with Crippen LogP contribution in [0.3, 0.4) is 0 Å². The van der Waals surface area contributed by atoms with E-state index in [1.165, 1.54) is 0 Å². The van der Waals surface area contributed by atoms with Crippen molar-refractivity contribution in [2.75, 3.05) is 6.54 Å². The standard InChI is InChI=1S/C8H9ClN2O2/c9-7-3-1-6(2-4-7)8(10)5-11(12)13/h1-4,8H,5,10H2. The van der Waals surface area contributed by atoms with Crippen molar-refractivity contribution in [3.8, 4) is 0 Å². The number of nitro groups is 1. The molecule has 1 aromatic rings. The topological polar surface area (TPSA) is 69.2 Å². The van der Waals surface area contributed by atoms with E-state index in [-0.39, 0.29) is 6.54 Å². The molecule has 13 heavy (non-hydrogen) atoms. The van der Waals surface area contributed by atoms with Crippen molar-refractivity contribution < 1.29 is 4.92 Å². The van der Waals surface area contributed by atoms with E-state index in [1.807, 2.05) is 0 Å². The van der Waals surface area contributed by atoms with E-state index in [4.69, 9.17) is 17.3 Å². The summed E-state index contributed by atoms with van der Waals surface area (Å²) in [7, 11) is 0. The average molecular weight is 201 g/mol. The van der Waals surface area contributed by atoms with Crippen molar-refractivity contribution in [2.24, 2.45) is 5.73 Å². The molecule has 1 rings (SSSR count). The third kappa shape index (κ3) is 3.01. The Balaban J connectivity index is 2.71. The van der Waals surface area contributed by atoms with Crippen LogP contribution in [-0.4, -0.2) is 11.5 Å². The molecule has 1 atom stereocenters. The van der Waals surface area contributed by atoms with Crippen molar-refractivity contribution in [3.05, 3.63) is 45.0 Å². The van der Waals surface area contributed by atoms with E-state index in [2.05, 4.69) is 0 Å². The molecule has 5 heteroatoms. The van der Waals surface area contributed by atoms with Gasteiger partial charge in [0.2, 0.25) is 6.54 Å². The summed E-state index contributed by atoms with van der Waals surface area (Å²) < 4.78 is 0. The second-order valence-electron chi connectivity index (χ2n) is 2.67. The van der Waals surface area contributed by atoms with E-state index in [9.17, 15) is 10.1 Å². The molecule has 0 radical (unpaired) electrons. The maximum absolute atomic E-state index is 10.1. The minimum Gasteiger partial charge on any atom is -0.319 e. The Labute approximate surface area is 80.5 Å². The van der Waals surface area contributed by atoms with Crippen LogP contribution in [0.5, 0.6) is 0 Å². The third-order valence-electron chi connectivity index (χ3n) is 1.64. The highest BCUT2D eigenvalue weighted by atomic mass is 35.5. The number of nitrogens with zero attached hydrogens (tertiary/aromatic N) is 1. The largest absolute Gasteiger partial charge is 0.319 e. The van der Waals surface area contributed by atoms with Gasteiger partial charge in [0.15, 0.2) is 0 Å². The minimum absolute atomic E-state index is 0.262. The fraction of sp³-hybridized carbons (Fsp3) is 0.250. The first-order chi connectivity index (χ1) is 6.09. The molecule has 1 aromatic carbocycles. The molecule has 70 valence electrons. The second-order valence-corrected chi connectivity index (χ2v) is 3.11. The van der Waals surface area contributed by atoms with E-state index >= 15 is 0 Å². The Kier molecular flexibility index (Phi) is 3.22. The van der Waals surface area contributed by atoms with Gasteiger partial charge in [-0.25, -0.2) is 0 Å². The maximum Gasteiger partial charge on any atom is 0.222 e. The molecule has 1 unspecified atom stereocenters. The minimum atomic E-state index is -0.563. The number of nitrogens with two attached hydrogens (primary N) is 1. The summed E-state index contributed by atoms with van der Waals surface area (Å²) in [6.45, 7) is -0.262. The predicted molar refractivity (Wildman–Crippen MR) is 50.2 cm³/mol. The lowest BCUT2D eigenvalue weighted by Gasteiger charge is -2.06. The Hall–Kier alpha value is -1.13. The summed E-state index contributed by atoms with van der Waals surface area (Å²) in [6.07, 6.45) is 0. The Morgan fingerprint density at radius 2 is 2.00 bits per heavy atom. The van der Waals surface area contributed by atoms with Gasteiger partial charge in [0, 0.05) is 9.95 Å². The van der Waals surface area contributed by atoms with Crippen LogP contribution in [0, 0.1) is 10.1 Å². The van der Waals surface area contributed by atoms with Gasteiger partial charge < -0.3 is 5.73 Å². The molecule has 0 aliphatic heterocycles. The SMILES string of the molecule is NC(C[N+](=O)[O-])c1ccc(Cl)cc1. The van der Waals surface area contributed by atoms with Crippen LogP contribution >= 0.6 is 11.6 Å². The molecule has 0 bridgehead atoms. The van der Waals surface area contributed by atoms with Gasteiger partial charge in [-0.1, -0.05) is 23.7 Å². The molecular formula is C8H9ClN2O2. The van der Waals surface area contributed by atoms with Crippen molar-refractivity contribution in [1.29, 1.82) is 0 Å². The zero-order valence-corrected chi connectivity index (χ0v) is 7.57. The van der Waals surface area contributed by atoms with Crippen molar-refractivity contribution in [3.63, 3.8) is 0 Å². The Morgan fingerprint density at radius 3 is 2.46 bits per heavy atom. The lowest BCUT2D eigenvalue weighted by atomic mass is 10.1. The highest BCUT2D eigenvalue weighted by Crippen LogP contribution is 2.14. The maximum atomic E-state index is 10.1. The van der Waals surface area contributed by atoms with Gasteiger partial charge in [-0.05, 0) is 17.7 Å². The Bertz CT molecular complexity index is 300. The first-order valence-corrected chi connectivity index (χ1v) is 4.10. The second kappa shape index (κ2) is 4.20. The number of rotatable bonds is 3. The molecule has 4 nitrogen and oxygen atoms in total. The molecule has 0 heterocycles. The number of hydrogen-bond donors (Lipinski definition) is 1. The highest BCUT2D eigenvalue weighted by Gasteiger charge is 2.11. The normalized spacial score (nSPS) is 12.5. The fourth-order valence-corrected chi connectivity index (χ4v) is 1.10. The van der Waals surface area contributed by atoms with Gasteiger partial charge in [-0.3, -0.25) is 10.1 Å². The molecule has 0 saturated heterocycles. The van der Waals surface area contributed by atoms with Crippen LogP contribution in [0.2, 0.25) is 5.02 Å². The molecule has 0 spiro atoms. The molecule has 0 saturated carbocycles. The number of benzene rings is 1. The number of hydrogen-bond acceptors (Lipinski definition) is 3. The molecule has 0 fully saturated rings. The molecule has 2 N–H and O–H groups in total. The van der Waals surface area contributed by atoms with E-state index in [1.54, 1.807) is 24.3 Å². The van der Waals surface area contributed by atoms with Crippen LogP contribution in [0.15, 0.2) is 24.3 Å². The van der Waals surface area contributed by atoms with Gasteiger partial charge in [-0.15, -0.1) is 0 Å². The summed E-state index contributed by atoms with van der Waals surface area (Å²) >= 11 is 5.65. The van der Waals surface area contributed by atoms with Crippen LogP contribution in [-0.2, 0) is 0 Å². The number of halogens is 1. The smallest absolute Gasteiger partial charge is 0.222 e. The van der Waals surface area contributed by atoms with Gasteiger partial charge in [0.1, 0.15) is 0 Å². The average Bonchev–Trinajstić information content (AvgIpc) is 2.04. The van der Waals surface area contributed by atoms with E-state index in [0.29, 0.717) is 5.02 Å². The van der Waals surface area contributed by atoms with Crippen LogP contribution in [0.4, 0.5) is 0 Å². The Morgan fingerprint density at radius 1 is 1.46 bits per heavy atom. The van der Waals surface area contributed by atoms with Crippen LogP contribution < -0.4 is 5.73 Å². The van der Waals surface area contributed by atoms with E-state index < -0.39 is 11.0 Å². The monoisotopic (exact) mass is 200 g/mol. The zero-order valence-electron chi connectivity index (χ0n) is 6.81. The van der Waals surface area contributed by atoms with Crippen molar-refractivity contribution in [2.45, 2.75) is 6.04 Å². The molecule has 0 aliphatic carbocycles.